The fraction of sp³-hybridized carbons (Fsp3) is 0.259. The number of nitrogens with zero attached hydrogens (tertiary/aromatic N) is 1. The Morgan fingerprint density at radius 1 is 1.00 bits per heavy atom. The van der Waals surface area contributed by atoms with Gasteiger partial charge in [0.25, 0.3) is 0 Å². The molecule has 1 N–H and O–H groups in total. The SMILES string of the molecule is CC1(Cc2ccc(Cl)cc2)Cc2cc(CC(=O)N(CC(=O)O)Cc3ccccc3)ccc2O1. The van der Waals surface area contributed by atoms with E-state index >= 15 is 0 Å². The van der Waals surface area contributed by atoms with Gasteiger partial charge in [-0.3, -0.25) is 9.59 Å². The Kier molecular flexibility index (Phi) is 6.70. The molecule has 1 aliphatic rings. The average molecular weight is 464 g/mol. The third-order valence-electron chi connectivity index (χ3n) is 5.79. The Bertz CT molecular complexity index is 1150. The van der Waals surface area contributed by atoms with E-state index in [1.54, 1.807) is 0 Å². The Balaban J connectivity index is 1.44. The smallest absolute Gasteiger partial charge is 0.323 e. The zero-order valence-corrected chi connectivity index (χ0v) is 19.2. The maximum absolute atomic E-state index is 13.0. The highest BCUT2D eigenvalue weighted by atomic mass is 35.5. The number of rotatable bonds is 8. The number of benzene rings is 3. The Morgan fingerprint density at radius 3 is 2.39 bits per heavy atom. The van der Waals surface area contributed by atoms with Crippen LogP contribution in [0.2, 0.25) is 5.02 Å². The van der Waals surface area contributed by atoms with Crippen molar-refractivity contribution in [1.82, 2.24) is 4.90 Å². The summed E-state index contributed by atoms with van der Waals surface area (Å²) >= 11 is 6.00. The van der Waals surface area contributed by atoms with Crippen molar-refractivity contribution in [2.24, 2.45) is 0 Å². The molecule has 0 aromatic heterocycles. The fourth-order valence-corrected chi connectivity index (χ4v) is 4.43. The Hall–Kier alpha value is -3.31. The molecule has 0 bridgehead atoms. The van der Waals surface area contributed by atoms with E-state index < -0.39 is 5.97 Å². The molecule has 0 saturated heterocycles. The number of aliphatic carboxylic acids is 1. The first-order valence-corrected chi connectivity index (χ1v) is 11.3. The first-order valence-electron chi connectivity index (χ1n) is 10.9. The van der Waals surface area contributed by atoms with Gasteiger partial charge in [-0.2, -0.15) is 0 Å². The molecule has 3 aromatic rings. The maximum atomic E-state index is 13.0. The summed E-state index contributed by atoms with van der Waals surface area (Å²) in [5, 5.41) is 9.99. The molecule has 6 heteroatoms. The van der Waals surface area contributed by atoms with Crippen molar-refractivity contribution < 1.29 is 19.4 Å². The van der Waals surface area contributed by atoms with Crippen LogP contribution in [0, 0.1) is 0 Å². The highest BCUT2D eigenvalue weighted by Gasteiger charge is 2.35. The molecule has 1 heterocycles. The predicted molar refractivity (Wildman–Crippen MR) is 128 cm³/mol. The zero-order valence-electron chi connectivity index (χ0n) is 18.5. The van der Waals surface area contributed by atoms with Gasteiger partial charge in [-0.1, -0.05) is 66.2 Å². The number of hydrogen-bond acceptors (Lipinski definition) is 3. The lowest BCUT2D eigenvalue weighted by Gasteiger charge is -2.24. The minimum atomic E-state index is -1.03. The number of amides is 1. The summed E-state index contributed by atoms with van der Waals surface area (Å²) in [6, 6.07) is 23.0. The van der Waals surface area contributed by atoms with E-state index in [1.165, 1.54) is 4.90 Å². The van der Waals surface area contributed by atoms with Crippen LogP contribution in [0.15, 0.2) is 72.8 Å². The summed E-state index contributed by atoms with van der Waals surface area (Å²) < 4.78 is 6.26. The van der Waals surface area contributed by atoms with Crippen molar-refractivity contribution in [3.63, 3.8) is 0 Å². The Morgan fingerprint density at radius 2 is 1.70 bits per heavy atom. The largest absolute Gasteiger partial charge is 0.487 e. The minimum Gasteiger partial charge on any atom is -0.487 e. The van der Waals surface area contributed by atoms with Crippen LogP contribution in [-0.2, 0) is 35.4 Å². The number of carbonyl (C=O) groups is 2. The third-order valence-corrected chi connectivity index (χ3v) is 6.04. The molecule has 4 rings (SSSR count). The van der Waals surface area contributed by atoms with Crippen LogP contribution in [0.1, 0.15) is 29.2 Å². The van der Waals surface area contributed by atoms with Crippen molar-refractivity contribution in [3.8, 4) is 5.75 Å². The van der Waals surface area contributed by atoms with Gasteiger partial charge in [-0.25, -0.2) is 0 Å². The van der Waals surface area contributed by atoms with Gasteiger partial charge in [0.1, 0.15) is 17.9 Å². The van der Waals surface area contributed by atoms with E-state index in [2.05, 4.69) is 6.92 Å². The lowest BCUT2D eigenvalue weighted by molar-refractivity contribution is -0.144. The summed E-state index contributed by atoms with van der Waals surface area (Å²) in [7, 11) is 0. The molecule has 1 atom stereocenters. The second kappa shape index (κ2) is 9.67. The molecule has 5 nitrogen and oxygen atoms in total. The van der Waals surface area contributed by atoms with Crippen molar-refractivity contribution in [1.29, 1.82) is 0 Å². The number of halogens is 1. The molecule has 0 radical (unpaired) electrons. The summed E-state index contributed by atoms with van der Waals surface area (Å²) in [4.78, 5) is 25.7. The summed E-state index contributed by atoms with van der Waals surface area (Å²) in [6.07, 6.45) is 1.62. The van der Waals surface area contributed by atoms with Gasteiger partial charge in [0, 0.05) is 24.4 Å². The summed E-state index contributed by atoms with van der Waals surface area (Å²) in [5.74, 6) is -0.419. The second-order valence-corrected chi connectivity index (χ2v) is 9.22. The molecule has 170 valence electrons. The number of carboxylic acids is 1. The number of carboxylic acid groups (broad SMARTS) is 1. The number of carbonyl (C=O) groups excluding carboxylic acids is 1. The van der Waals surface area contributed by atoms with Crippen molar-refractivity contribution in [3.05, 3.63) is 100 Å². The summed E-state index contributed by atoms with van der Waals surface area (Å²) in [5.41, 5.74) is 3.58. The van der Waals surface area contributed by atoms with E-state index in [0.717, 1.165) is 40.8 Å². The van der Waals surface area contributed by atoms with E-state index in [9.17, 15) is 14.7 Å². The van der Waals surface area contributed by atoms with Gasteiger partial charge in [-0.05, 0) is 47.4 Å². The van der Waals surface area contributed by atoms with Crippen molar-refractivity contribution >= 4 is 23.5 Å². The van der Waals surface area contributed by atoms with Crippen LogP contribution in [-0.4, -0.2) is 34.0 Å². The average Bonchev–Trinajstić information content (AvgIpc) is 3.10. The highest BCUT2D eigenvalue weighted by Crippen LogP contribution is 2.37. The molecule has 33 heavy (non-hydrogen) atoms. The monoisotopic (exact) mass is 463 g/mol. The van der Waals surface area contributed by atoms with Crippen LogP contribution < -0.4 is 4.74 Å². The zero-order chi connectivity index (χ0) is 23.4. The number of hydrogen-bond donors (Lipinski definition) is 1. The van der Waals surface area contributed by atoms with Gasteiger partial charge < -0.3 is 14.7 Å². The number of ether oxygens (including phenoxy) is 1. The minimum absolute atomic E-state index is 0.140. The van der Waals surface area contributed by atoms with E-state index in [-0.39, 0.29) is 31.0 Å². The predicted octanol–water partition coefficient (Wildman–Crippen LogP) is 4.93. The van der Waals surface area contributed by atoms with Gasteiger partial charge in [0.15, 0.2) is 0 Å². The second-order valence-electron chi connectivity index (χ2n) is 8.78. The molecule has 1 amide bonds. The highest BCUT2D eigenvalue weighted by molar-refractivity contribution is 6.30. The summed E-state index contributed by atoms with van der Waals surface area (Å²) in [6.45, 7) is 2.01. The van der Waals surface area contributed by atoms with Gasteiger partial charge >= 0.3 is 5.97 Å². The first kappa shape index (κ1) is 22.9. The number of fused-ring (bicyclic) bond motifs is 1. The normalized spacial score (nSPS) is 16.7. The molecule has 1 aliphatic heterocycles. The quantitative estimate of drug-likeness (QED) is 0.514. The van der Waals surface area contributed by atoms with Crippen LogP contribution in [0.25, 0.3) is 0 Å². The van der Waals surface area contributed by atoms with Crippen LogP contribution in [0.5, 0.6) is 5.75 Å². The van der Waals surface area contributed by atoms with E-state index in [1.807, 2.05) is 72.8 Å². The van der Waals surface area contributed by atoms with Gasteiger partial charge in [0.2, 0.25) is 5.91 Å². The lowest BCUT2D eigenvalue weighted by Crippen LogP contribution is -2.36. The molecule has 3 aromatic carbocycles. The molecule has 0 aliphatic carbocycles. The van der Waals surface area contributed by atoms with Crippen molar-refractivity contribution in [2.45, 2.75) is 38.3 Å². The van der Waals surface area contributed by atoms with Crippen LogP contribution in [0.4, 0.5) is 0 Å². The molecule has 1 unspecified atom stereocenters. The standard InChI is InChI=1S/C27H26ClNO4/c1-27(15-19-7-10-23(28)11-8-19)16-22-13-21(9-12-24(22)33-27)14-25(30)29(18-26(31)32)17-20-5-3-2-4-6-20/h2-13H,14-18H2,1H3,(H,31,32). The van der Waals surface area contributed by atoms with E-state index in [4.69, 9.17) is 16.3 Å². The third kappa shape index (κ3) is 5.93. The van der Waals surface area contributed by atoms with Gasteiger partial charge in [-0.15, -0.1) is 0 Å². The van der Waals surface area contributed by atoms with Crippen molar-refractivity contribution in [2.75, 3.05) is 6.54 Å². The molecule has 0 spiro atoms. The van der Waals surface area contributed by atoms with Crippen LogP contribution >= 0.6 is 11.6 Å². The van der Waals surface area contributed by atoms with Crippen LogP contribution in [0.3, 0.4) is 0 Å². The Labute approximate surface area is 198 Å². The first-order chi connectivity index (χ1) is 15.8. The molecular formula is C27H26ClNO4. The lowest BCUT2D eigenvalue weighted by atomic mass is 9.91. The molecule has 0 fully saturated rings. The topological polar surface area (TPSA) is 66.8 Å². The maximum Gasteiger partial charge on any atom is 0.323 e. The fourth-order valence-electron chi connectivity index (χ4n) is 4.30. The van der Waals surface area contributed by atoms with E-state index in [0.29, 0.717) is 5.02 Å². The van der Waals surface area contributed by atoms with Gasteiger partial charge in [0.05, 0.1) is 6.42 Å². The molecular weight excluding hydrogens is 438 g/mol. The molecule has 0 saturated carbocycles.